The van der Waals surface area contributed by atoms with E-state index in [9.17, 15) is 0 Å². The normalized spacial score (nSPS) is 26.4. The summed E-state index contributed by atoms with van der Waals surface area (Å²) in [6.45, 7) is 9.68. The van der Waals surface area contributed by atoms with E-state index in [1.807, 2.05) is 0 Å². The zero-order valence-electron chi connectivity index (χ0n) is 12.6. The Morgan fingerprint density at radius 1 is 1.06 bits per heavy atom. The van der Waals surface area contributed by atoms with Crippen molar-refractivity contribution in [3.05, 3.63) is 35.4 Å². The van der Waals surface area contributed by atoms with Gasteiger partial charge < -0.3 is 0 Å². The zero-order chi connectivity index (χ0) is 13.2. The van der Waals surface area contributed by atoms with Crippen molar-refractivity contribution in [1.29, 1.82) is 0 Å². The molecule has 0 nitrogen and oxygen atoms in total. The van der Waals surface area contributed by atoms with Gasteiger partial charge in [-0.05, 0) is 61.0 Å². The summed E-state index contributed by atoms with van der Waals surface area (Å²) < 4.78 is 0. The van der Waals surface area contributed by atoms with Gasteiger partial charge in [0.25, 0.3) is 0 Å². The highest BCUT2D eigenvalue weighted by Gasteiger charge is 2.44. The highest BCUT2D eigenvalue weighted by Crippen LogP contribution is 2.54. The molecule has 0 radical (unpaired) electrons. The number of benzene rings is 1. The number of hydrogen-bond acceptors (Lipinski definition) is 0. The van der Waals surface area contributed by atoms with Gasteiger partial charge in [-0.1, -0.05) is 51.5 Å². The highest BCUT2D eigenvalue weighted by molar-refractivity contribution is 5.25. The number of aryl methyl sites for hydroxylation is 2. The van der Waals surface area contributed by atoms with Crippen LogP contribution in [0.2, 0.25) is 0 Å². The Balaban J connectivity index is 1.91. The Kier molecular flexibility index (Phi) is 3.84. The van der Waals surface area contributed by atoms with Crippen molar-refractivity contribution in [3.63, 3.8) is 0 Å². The molecule has 0 heterocycles. The fourth-order valence-electron chi connectivity index (χ4n) is 3.58. The molecule has 0 aliphatic heterocycles. The summed E-state index contributed by atoms with van der Waals surface area (Å²) in [6, 6.07) is 8.83. The minimum atomic E-state index is 0.540. The van der Waals surface area contributed by atoms with Crippen LogP contribution in [-0.4, -0.2) is 0 Å². The van der Waals surface area contributed by atoms with Crippen LogP contribution in [0, 0.1) is 17.8 Å². The van der Waals surface area contributed by atoms with Gasteiger partial charge in [0.05, 0.1) is 0 Å². The molecule has 0 unspecified atom stereocenters. The largest absolute Gasteiger partial charge is 0.0620 e. The third kappa shape index (κ3) is 2.63. The fraction of sp³-hybridized carbons (Fsp3) is 0.667. The molecule has 1 aliphatic rings. The monoisotopic (exact) mass is 244 g/mol. The molecule has 1 aromatic carbocycles. The molecule has 1 aromatic rings. The molecule has 1 atom stereocenters. The lowest BCUT2D eigenvalue weighted by molar-refractivity contribution is 0.117. The van der Waals surface area contributed by atoms with Gasteiger partial charge in [0.1, 0.15) is 0 Å². The Morgan fingerprint density at radius 2 is 1.78 bits per heavy atom. The maximum absolute atomic E-state index is 2.51. The second-order valence-electron chi connectivity index (χ2n) is 7.08. The van der Waals surface area contributed by atoms with E-state index in [4.69, 9.17) is 0 Å². The molecule has 1 aliphatic carbocycles. The molecule has 0 amide bonds. The third-order valence-corrected chi connectivity index (χ3v) is 5.60. The Morgan fingerprint density at radius 3 is 2.39 bits per heavy atom. The van der Waals surface area contributed by atoms with Crippen molar-refractivity contribution in [1.82, 2.24) is 0 Å². The van der Waals surface area contributed by atoms with E-state index in [1.54, 1.807) is 0 Å². The van der Waals surface area contributed by atoms with Crippen molar-refractivity contribution < 1.29 is 0 Å². The minimum Gasteiger partial charge on any atom is -0.0620 e. The lowest BCUT2D eigenvalue weighted by atomic mass is 9.66. The average molecular weight is 244 g/mol. The van der Waals surface area contributed by atoms with Crippen molar-refractivity contribution in [2.75, 3.05) is 0 Å². The molecular weight excluding hydrogens is 216 g/mol. The van der Waals surface area contributed by atoms with E-state index in [2.05, 4.69) is 52.0 Å². The van der Waals surface area contributed by atoms with Crippen LogP contribution >= 0.6 is 0 Å². The maximum Gasteiger partial charge on any atom is -0.0274 e. The summed E-state index contributed by atoms with van der Waals surface area (Å²) in [4.78, 5) is 0. The predicted octanol–water partition coefficient (Wildman–Crippen LogP) is 5.53. The van der Waals surface area contributed by atoms with E-state index in [0.717, 1.165) is 0 Å². The highest BCUT2D eigenvalue weighted by atomic mass is 14.5. The summed E-state index contributed by atoms with van der Waals surface area (Å²) in [5, 5.41) is 0. The summed E-state index contributed by atoms with van der Waals surface area (Å²) in [5.41, 5.74) is 4.10. The lowest BCUT2D eigenvalue weighted by Gasteiger charge is -2.38. The zero-order valence-corrected chi connectivity index (χ0v) is 12.6. The van der Waals surface area contributed by atoms with Crippen molar-refractivity contribution in [3.8, 4) is 0 Å². The van der Waals surface area contributed by atoms with Gasteiger partial charge in [-0.3, -0.25) is 0 Å². The van der Waals surface area contributed by atoms with Gasteiger partial charge in [-0.25, -0.2) is 0 Å². The first kappa shape index (κ1) is 13.6. The molecule has 1 fully saturated rings. The quantitative estimate of drug-likeness (QED) is 0.653. The predicted molar refractivity (Wildman–Crippen MR) is 79.9 cm³/mol. The molecule has 2 rings (SSSR count). The summed E-state index contributed by atoms with van der Waals surface area (Å²) in [5.74, 6) is 0. The van der Waals surface area contributed by atoms with Crippen LogP contribution in [0.1, 0.15) is 64.0 Å². The van der Waals surface area contributed by atoms with E-state index in [0.29, 0.717) is 10.8 Å². The first-order valence-electron chi connectivity index (χ1n) is 7.49. The van der Waals surface area contributed by atoms with Gasteiger partial charge in [0, 0.05) is 0 Å². The van der Waals surface area contributed by atoms with E-state index >= 15 is 0 Å². The van der Waals surface area contributed by atoms with Gasteiger partial charge in [0.2, 0.25) is 0 Å². The second-order valence-corrected chi connectivity index (χ2v) is 7.08. The molecular formula is C18H28. The Hall–Kier alpha value is -0.780. The molecule has 0 aromatic heterocycles. The van der Waals surface area contributed by atoms with Crippen LogP contribution in [0.5, 0.6) is 0 Å². The topological polar surface area (TPSA) is 0 Å². The van der Waals surface area contributed by atoms with Crippen molar-refractivity contribution >= 4 is 0 Å². The molecule has 1 saturated carbocycles. The standard InChI is InChI=1S/C18H28/c1-15-9-5-6-10-16(15)11-7-13-18(4)14-8-12-17(18,2)3/h5-6,9-10H,7-8,11-14H2,1-4H3/t18-/m1/s1. The molecule has 100 valence electrons. The Labute approximate surface area is 113 Å². The van der Waals surface area contributed by atoms with E-state index < -0.39 is 0 Å². The smallest absolute Gasteiger partial charge is 0.0274 e. The summed E-state index contributed by atoms with van der Waals surface area (Å²) >= 11 is 0. The molecule has 0 spiro atoms. The van der Waals surface area contributed by atoms with E-state index in [1.165, 1.54) is 49.7 Å². The number of rotatable bonds is 4. The van der Waals surface area contributed by atoms with Crippen LogP contribution in [-0.2, 0) is 6.42 Å². The van der Waals surface area contributed by atoms with Gasteiger partial charge in [-0.2, -0.15) is 0 Å². The molecule has 18 heavy (non-hydrogen) atoms. The van der Waals surface area contributed by atoms with Gasteiger partial charge in [0.15, 0.2) is 0 Å². The summed E-state index contributed by atoms with van der Waals surface area (Å²) in [6.07, 6.45) is 8.23. The van der Waals surface area contributed by atoms with E-state index in [-0.39, 0.29) is 0 Å². The van der Waals surface area contributed by atoms with Crippen LogP contribution in [0.25, 0.3) is 0 Å². The fourth-order valence-corrected chi connectivity index (χ4v) is 3.58. The van der Waals surface area contributed by atoms with Crippen LogP contribution in [0.15, 0.2) is 24.3 Å². The number of hydrogen-bond donors (Lipinski definition) is 0. The van der Waals surface area contributed by atoms with Crippen molar-refractivity contribution in [2.45, 2.75) is 66.2 Å². The van der Waals surface area contributed by atoms with Crippen LogP contribution in [0.4, 0.5) is 0 Å². The van der Waals surface area contributed by atoms with Gasteiger partial charge >= 0.3 is 0 Å². The molecule has 0 heteroatoms. The average Bonchev–Trinajstić information content (AvgIpc) is 2.56. The first-order valence-corrected chi connectivity index (χ1v) is 7.49. The minimum absolute atomic E-state index is 0.540. The van der Waals surface area contributed by atoms with Crippen LogP contribution < -0.4 is 0 Å². The van der Waals surface area contributed by atoms with Crippen molar-refractivity contribution in [2.24, 2.45) is 10.8 Å². The maximum atomic E-state index is 2.51. The molecule has 0 saturated heterocycles. The Bertz CT molecular complexity index is 402. The third-order valence-electron chi connectivity index (χ3n) is 5.60. The second kappa shape index (κ2) is 5.07. The molecule has 0 bridgehead atoms. The SMILES string of the molecule is Cc1ccccc1CCC[C@]1(C)CCCC1(C)C. The van der Waals surface area contributed by atoms with Gasteiger partial charge in [-0.15, -0.1) is 0 Å². The van der Waals surface area contributed by atoms with Crippen LogP contribution in [0.3, 0.4) is 0 Å². The summed E-state index contributed by atoms with van der Waals surface area (Å²) in [7, 11) is 0. The molecule has 0 N–H and O–H groups in total. The first-order chi connectivity index (χ1) is 8.45. The lowest BCUT2D eigenvalue weighted by Crippen LogP contribution is -2.29.